The molecule has 0 aliphatic carbocycles. The first-order valence-corrected chi connectivity index (χ1v) is 5.87. The van der Waals surface area contributed by atoms with Crippen molar-refractivity contribution in [1.82, 2.24) is 0 Å². The lowest BCUT2D eigenvalue weighted by Gasteiger charge is -2.35. The van der Waals surface area contributed by atoms with E-state index in [9.17, 15) is 4.39 Å². The molecule has 0 N–H and O–H groups in total. The van der Waals surface area contributed by atoms with Crippen LogP contribution in [-0.4, -0.2) is 31.0 Å². The standard InChI is InChI=1S/C13H14FNO2/c14-11-7-4-8-16-13(11)9-15-12(17-13)10-5-2-1-3-6-10/h1-3,5-6,11H,4,7-9H2/t11-,13+/m0/s1. The highest BCUT2D eigenvalue weighted by Crippen LogP contribution is 2.34. The Balaban J connectivity index is 1.80. The maximum Gasteiger partial charge on any atom is 0.263 e. The van der Waals surface area contributed by atoms with Crippen molar-refractivity contribution >= 4 is 5.90 Å². The zero-order valence-corrected chi connectivity index (χ0v) is 9.43. The third-order valence-corrected chi connectivity index (χ3v) is 3.16. The Morgan fingerprint density at radius 3 is 2.88 bits per heavy atom. The third-order valence-electron chi connectivity index (χ3n) is 3.16. The zero-order chi connectivity index (χ0) is 11.7. The first-order chi connectivity index (χ1) is 8.30. The maximum absolute atomic E-state index is 13.9. The second kappa shape index (κ2) is 4.11. The van der Waals surface area contributed by atoms with Crippen LogP contribution in [0.1, 0.15) is 18.4 Å². The summed E-state index contributed by atoms with van der Waals surface area (Å²) < 4.78 is 25.0. The summed E-state index contributed by atoms with van der Waals surface area (Å²) in [5.74, 6) is -0.682. The predicted octanol–water partition coefficient (Wildman–Crippen LogP) is 2.31. The fourth-order valence-electron chi connectivity index (χ4n) is 2.20. The SMILES string of the molecule is F[C@H]1CCCO[C@@]12CN=C(c1ccccc1)O2. The molecule has 0 bridgehead atoms. The van der Waals surface area contributed by atoms with Crippen molar-refractivity contribution in [2.45, 2.75) is 24.8 Å². The summed E-state index contributed by atoms with van der Waals surface area (Å²) in [5, 5.41) is 0. The molecule has 3 nitrogen and oxygen atoms in total. The fourth-order valence-corrected chi connectivity index (χ4v) is 2.20. The van der Waals surface area contributed by atoms with Crippen molar-refractivity contribution in [1.29, 1.82) is 0 Å². The summed E-state index contributed by atoms with van der Waals surface area (Å²) >= 11 is 0. The van der Waals surface area contributed by atoms with Crippen LogP contribution in [0.25, 0.3) is 0 Å². The molecule has 1 spiro atoms. The summed E-state index contributed by atoms with van der Waals surface area (Å²) in [6, 6.07) is 9.52. The number of rotatable bonds is 1. The molecule has 0 aromatic heterocycles. The fraction of sp³-hybridized carbons (Fsp3) is 0.462. The van der Waals surface area contributed by atoms with E-state index in [1.54, 1.807) is 0 Å². The molecule has 1 fully saturated rings. The Morgan fingerprint density at radius 1 is 1.29 bits per heavy atom. The quantitative estimate of drug-likeness (QED) is 0.747. The third kappa shape index (κ3) is 1.82. The van der Waals surface area contributed by atoms with E-state index < -0.39 is 12.0 Å². The van der Waals surface area contributed by atoms with Gasteiger partial charge in [0.1, 0.15) is 6.54 Å². The van der Waals surface area contributed by atoms with Gasteiger partial charge < -0.3 is 9.47 Å². The first-order valence-electron chi connectivity index (χ1n) is 5.87. The van der Waals surface area contributed by atoms with E-state index in [0.717, 1.165) is 12.0 Å². The smallest absolute Gasteiger partial charge is 0.263 e. The molecular formula is C13H14FNO2. The van der Waals surface area contributed by atoms with Crippen LogP contribution < -0.4 is 0 Å². The van der Waals surface area contributed by atoms with Crippen molar-refractivity contribution in [2.75, 3.05) is 13.2 Å². The molecule has 90 valence electrons. The number of benzene rings is 1. The van der Waals surface area contributed by atoms with Crippen molar-refractivity contribution in [3.63, 3.8) is 0 Å². The maximum atomic E-state index is 13.9. The molecule has 4 heteroatoms. The van der Waals surface area contributed by atoms with E-state index >= 15 is 0 Å². The minimum atomic E-state index is -1.16. The largest absolute Gasteiger partial charge is 0.440 e. The van der Waals surface area contributed by atoms with Crippen molar-refractivity contribution in [3.8, 4) is 0 Å². The Kier molecular flexibility index (Phi) is 2.59. The zero-order valence-electron chi connectivity index (χ0n) is 9.43. The predicted molar refractivity (Wildman–Crippen MR) is 61.7 cm³/mol. The second-order valence-electron chi connectivity index (χ2n) is 4.36. The van der Waals surface area contributed by atoms with Crippen LogP contribution in [0.5, 0.6) is 0 Å². The van der Waals surface area contributed by atoms with Gasteiger partial charge in [0.25, 0.3) is 5.79 Å². The summed E-state index contributed by atoms with van der Waals surface area (Å²) in [6.07, 6.45) is 0.131. The van der Waals surface area contributed by atoms with Gasteiger partial charge in [-0.05, 0) is 25.0 Å². The molecule has 0 unspecified atom stereocenters. The van der Waals surface area contributed by atoms with Gasteiger partial charge in [-0.25, -0.2) is 9.38 Å². The lowest BCUT2D eigenvalue weighted by atomic mass is 10.0. The Bertz CT molecular complexity index is 434. The lowest BCUT2D eigenvalue weighted by molar-refractivity contribution is -0.232. The molecular weight excluding hydrogens is 221 g/mol. The van der Waals surface area contributed by atoms with Gasteiger partial charge in [0, 0.05) is 5.56 Å². The van der Waals surface area contributed by atoms with Crippen LogP contribution in [0.4, 0.5) is 4.39 Å². The molecule has 3 rings (SSSR count). The van der Waals surface area contributed by atoms with Crippen LogP contribution in [0.3, 0.4) is 0 Å². The minimum Gasteiger partial charge on any atom is -0.440 e. The molecule has 0 radical (unpaired) electrons. The van der Waals surface area contributed by atoms with E-state index in [2.05, 4.69) is 4.99 Å². The second-order valence-corrected chi connectivity index (χ2v) is 4.36. The Labute approximate surface area is 99.3 Å². The van der Waals surface area contributed by atoms with Gasteiger partial charge in [0.15, 0.2) is 6.17 Å². The van der Waals surface area contributed by atoms with Gasteiger partial charge in [-0.15, -0.1) is 0 Å². The van der Waals surface area contributed by atoms with Crippen molar-refractivity contribution < 1.29 is 13.9 Å². The topological polar surface area (TPSA) is 30.8 Å². The number of nitrogens with zero attached hydrogens (tertiary/aromatic N) is 1. The van der Waals surface area contributed by atoms with E-state index in [-0.39, 0.29) is 6.54 Å². The molecule has 1 aromatic carbocycles. The van der Waals surface area contributed by atoms with E-state index in [1.807, 2.05) is 30.3 Å². The van der Waals surface area contributed by atoms with Crippen LogP contribution >= 0.6 is 0 Å². The molecule has 17 heavy (non-hydrogen) atoms. The van der Waals surface area contributed by atoms with Gasteiger partial charge in [0.2, 0.25) is 5.90 Å². The van der Waals surface area contributed by atoms with Gasteiger partial charge in [-0.3, -0.25) is 0 Å². The first kappa shape index (κ1) is 10.7. The van der Waals surface area contributed by atoms with E-state index in [1.165, 1.54) is 0 Å². The molecule has 2 aliphatic rings. The van der Waals surface area contributed by atoms with Gasteiger partial charge in [-0.2, -0.15) is 0 Å². The number of alkyl halides is 1. The van der Waals surface area contributed by atoms with Gasteiger partial charge in [0.05, 0.1) is 6.61 Å². The number of aliphatic imine (C=N–C) groups is 1. The highest BCUT2D eigenvalue weighted by Gasteiger charge is 2.49. The van der Waals surface area contributed by atoms with Crippen LogP contribution in [-0.2, 0) is 9.47 Å². The molecule has 0 amide bonds. The Hall–Kier alpha value is -1.42. The molecule has 1 saturated heterocycles. The van der Waals surface area contributed by atoms with Crippen molar-refractivity contribution in [3.05, 3.63) is 35.9 Å². The van der Waals surface area contributed by atoms with Gasteiger partial charge >= 0.3 is 0 Å². The van der Waals surface area contributed by atoms with Gasteiger partial charge in [-0.1, -0.05) is 18.2 Å². The molecule has 2 heterocycles. The molecule has 1 aromatic rings. The average Bonchev–Trinajstić information content (AvgIpc) is 2.80. The Morgan fingerprint density at radius 2 is 2.12 bits per heavy atom. The van der Waals surface area contributed by atoms with Crippen molar-refractivity contribution in [2.24, 2.45) is 4.99 Å². The summed E-state index contributed by atoms with van der Waals surface area (Å²) in [6.45, 7) is 0.788. The summed E-state index contributed by atoms with van der Waals surface area (Å²) in [7, 11) is 0. The van der Waals surface area contributed by atoms with E-state index in [0.29, 0.717) is 18.9 Å². The van der Waals surface area contributed by atoms with Crippen LogP contribution in [0, 0.1) is 0 Å². The summed E-state index contributed by atoms with van der Waals surface area (Å²) in [4.78, 5) is 4.26. The minimum absolute atomic E-state index is 0.248. The highest BCUT2D eigenvalue weighted by molar-refractivity contribution is 5.95. The van der Waals surface area contributed by atoms with Crippen LogP contribution in [0.15, 0.2) is 35.3 Å². The average molecular weight is 235 g/mol. The highest BCUT2D eigenvalue weighted by atomic mass is 19.1. The number of halogens is 1. The number of hydrogen-bond acceptors (Lipinski definition) is 3. The monoisotopic (exact) mass is 235 g/mol. The molecule has 0 saturated carbocycles. The van der Waals surface area contributed by atoms with Crippen LogP contribution in [0.2, 0.25) is 0 Å². The molecule has 2 aliphatic heterocycles. The number of ether oxygens (including phenoxy) is 2. The number of hydrogen-bond donors (Lipinski definition) is 0. The van der Waals surface area contributed by atoms with E-state index in [4.69, 9.17) is 9.47 Å². The lowest BCUT2D eigenvalue weighted by Crippen LogP contribution is -2.49. The molecule has 2 atom stereocenters. The summed E-state index contributed by atoms with van der Waals surface area (Å²) in [5.41, 5.74) is 0.866. The normalized spacial score (nSPS) is 32.3.